The molecular formula is C17H33N3O2. The van der Waals surface area contributed by atoms with Crippen LogP contribution in [0.5, 0.6) is 0 Å². The Labute approximate surface area is 135 Å². The van der Waals surface area contributed by atoms with Gasteiger partial charge in [0, 0.05) is 26.7 Å². The van der Waals surface area contributed by atoms with Gasteiger partial charge in [0.25, 0.3) is 0 Å². The Hall–Kier alpha value is -0.650. The number of carbonyl (C=O) groups is 1. The number of amides is 1. The lowest BCUT2D eigenvalue weighted by molar-refractivity contribution is -0.146. The third-order valence-corrected chi connectivity index (χ3v) is 5.50. The molecule has 0 aromatic rings. The fraction of sp³-hybridized carbons (Fsp3) is 0.941. The molecule has 128 valence electrons. The minimum absolute atomic E-state index is 0.273. The molecular weight excluding hydrogens is 278 g/mol. The van der Waals surface area contributed by atoms with Crippen LogP contribution >= 0.6 is 0 Å². The minimum atomic E-state index is -0.312. The molecule has 1 unspecified atom stereocenters. The number of nitrogens with zero attached hydrogens (tertiary/aromatic N) is 2. The first kappa shape index (κ1) is 17.7. The van der Waals surface area contributed by atoms with Gasteiger partial charge in [-0.15, -0.1) is 0 Å². The summed E-state index contributed by atoms with van der Waals surface area (Å²) in [5.74, 6) is 0.273. The molecule has 2 rings (SSSR count). The number of methoxy groups -OCH3 is 1. The van der Waals surface area contributed by atoms with Crippen LogP contribution in [0.25, 0.3) is 0 Å². The zero-order chi connectivity index (χ0) is 16.0. The number of rotatable bonds is 6. The van der Waals surface area contributed by atoms with Crippen LogP contribution in [-0.2, 0) is 9.53 Å². The number of hydrogen-bond acceptors (Lipinski definition) is 4. The smallest absolute Gasteiger partial charge is 0.230 e. The fourth-order valence-corrected chi connectivity index (χ4v) is 3.96. The molecule has 1 N–H and O–H groups in total. The van der Waals surface area contributed by atoms with Gasteiger partial charge in [-0.2, -0.15) is 0 Å². The Balaban J connectivity index is 1.89. The van der Waals surface area contributed by atoms with Gasteiger partial charge in [0.2, 0.25) is 5.91 Å². The summed E-state index contributed by atoms with van der Waals surface area (Å²) >= 11 is 0. The third-order valence-electron chi connectivity index (χ3n) is 5.50. The molecule has 1 atom stereocenters. The summed E-state index contributed by atoms with van der Waals surface area (Å²) in [6.07, 6.45) is 6.75. The van der Waals surface area contributed by atoms with Crippen molar-refractivity contribution in [2.75, 3.05) is 54.0 Å². The first-order valence-corrected chi connectivity index (χ1v) is 8.74. The molecule has 0 aliphatic carbocycles. The van der Waals surface area contributed by atoms with E-state index in [0.29, 0.717) is 12.6 Å². The molecule has 0 bridgehead atoms. The van der Waals surface area contributed by atoms with Crippen molar-refractivity contribution in [3.63, 3.8) is 0 Å². The average Bonchev–Trinajstić information content (AvgIpc) is 2.54. The van der Waals surface area contributed by atoms with Crippen LogP contribution in [0.15, 0.2) is 0 Å². The van der Waals surface area contributed by atoms with Crippen LogP contribution in [-0.4, -0.2) is 75.7 Å². The molecule has 2 fully saturated rings. The molecule has 22 heavy (non-hydrogen) atoms. The van der Waals surface area contributed by atoms with Crippen LogP contribution in [0.3, 0.4) is 0 Å². The third kappa shape index (κ3) is 4.21. The summed E-state index contributed by atoms with van der Waals surface area (Å²) in [6.45, 7) is 4.41. The second-order valence-corrected chi connectivity index (χ2v) is 7.11. The van der Waals surface area contributed by atoms with Crippen molar-refractivity contribution in [2.45, 2.75) is 44.6 Å². The predicted octanol–water partition coefficient (Wildman–Crippen LogP) is 1.34. The highest BCUT2D eigenvalue weighted by atomic mass is 16.5. The van der Waals surface area contributed by atoms with E-state index in [1.54, 1.807) is 7.11 Å². The maximum atomic E-state index is 13.0. The van der Waals surface area contributed by atoms with E-state index in [-0.39, 0.29) is 11.3 Å². The van der Waals surface area contributed by atoms with Gasteiger partial charge < -0.3 is 19.9 Å². The molecule has 5 nitrogen and oxygen atoms in total. The molecule has 2 saturated heterocycles. The molecule has 2 aliphatic heterocycles. The topological polar surface area (TPSA) is 44.8 Å². The minimum Gasteiger partial charge on any atom is -0.384 e. The quantitative estimate of drug-likeness (QED) is 0.804. The molecule has 1 amide bonds. The first-order chi connectivity index (χ1) is 10.6. The monoisotopic (exact) mass is 311 g/mol. The molecule has 2 heterocycles. The van der Waals surface area contributed by atoms with Gasteiger partial charge in [0.1, 0.15) is 0 Å². The molecule has 0 aromatic carbocycles. The van der Waals surface area contributed by atoms with Gasteiger partial charge in [-0.05, 0) is 58.8 Å². The molecule has 2 aliphatic rings. The van der Waals surface area contributed by atoms with E-state index in [4.69, 9.17) is 4.74 Å². The maximum Gasteiger partial charge on any atom is 0.230 e. The standard InChI is InChI=1S/C17H33N3O2/c1-19-12-5-4-6-15(19)7-13-20(2)16(21)17(14-22-3)8-10-18-11-9-17/h15,18H,4-14H2,1-3H3. The average molecular weight is 311 g/mol. The Kier molecular flexibility index (Phi) is 6.66. The number of piperidine rings is 2. The van der Waals surface area contributed by atoms with Crippen molar-refractivity contribution in [3.05, 3.63) is 0 Å². The fourth-order valence-electron chi connectivity index (χ4n) is 3.96. The van der Waals surface area contributed by atoms with Crippen molar-refractivity contribution in [2.24, 2.45) is 5.41 Å². The molecule has 0 aromatic heterocycles. The summed E-state index contributed by atoms with van der Waals surface area (Å²) in [4.78, 5) is 17.4. The predicted molar refractivity (Wildman–Crippen MR) is 88.9 cm³/mol. The summed E-state index contributed by atoms with van der Waals surface area (Å²) < 4.78 is 5.38. The zero-order valence-corrected chi connectivity index (χ0v) is 14.6. The Morgan fingerprint density at radius 2 is 2.09 bits per heavy atom. The Morgan fingerprint density at radius 1 is 1.36 bits per heavy atom. The maximum absolute atomic E-state index is 13.0. The SMILES string of the molecule is COCC1(C(=O)N(C)CCC2CCCCN2C)CCNCC1. The van der Waals surface area contributed by atoms with E-state index in [9.17, 15) is 4.79 Å². The number of ether oxygens (including phenoxy) is 1. The van der Waals surface area contributed by atoms with Crippen molar-refractivity contribution in [3.8, 4) is 0 Å². The van der Waals surface area contributed by atoms with Gasteiger partial charge in [-0.25, -0.2) is 0 Å². The van der Waals surface area contributed by atoms with E-state index in [1.807, 2.05) is 11.9 Å². The van der Waals surface area contributed by atoms with Gasteiger partial charge in [-0.1, -0.05) is 6.42 Å². The summed E-state index contributed by atoms with van der Waals surface area (Å²) in [5.41, 5.74) is -0.312. The Bertz CT molecular complexity index is 350. The lowest BCUT2D eigenvalue weighted by atomic mass is 9.78. The summed E-state index contributed by atoms with van der Waals surface area (Å²) in [6, 6.07) is 0.635. The lowest BCUT2D eigenvalue weighted by Gasteiger charge is -2.39. The second kappa shape index (κ2) is 8.27. The van der Waals surface area contributed by atoms with Crippen LogP contribution in [0.4, 0.5) is 0 Å². The first-order valence-electron chi connectivity index (χ1n) is 8.74. The highest BCUT2D eigenvalue weighted by Crippen LogP contribution is 2.31. The normalized spacial score (nSPS) is 25.9. The van der Waals surface area contributed by atoms with E-state index < -0.39 is 0 Å². The largest absolute Gasteiger partial charge is 0.384 e. The van der Waals surface area contributed by atoms with Gasteiger partial charge in [0.05, 0.1) is 12.0 Å². The van der Waals surface area contributed by atoms with Crippen LogP contribution in [0.2, 0.25) is 0 Å². The van der Waals surface area contributed by atoms with Gasteiger partial charge >= 0.3 is 0 Å². The van der Waals surface area contributed by atoms with Gasteiger partial charge in [-0.3, -0.25) is 4.79 Å². The number of hydrogen-bond donors (Lipinski definition) is 1. The van der Waals surface area contributed by atoms with Crippen LogP contribution in [0.1, 0.15) is 38.5 Å². The van der Waals surface area contributed by atoms with Crippen LogP contribution < -0.4 is 5.32 Å². The zero-order valence-electron chi connectivity index (χ0n) is 14.6. The van der Waals surface area contributed by atoms with Crippen molar-refractivity contribution >= 4 is 5.91 Å². The second-order valence-electron chi connectivity index (χ2n) is 7.11. The van der Waals surface area contributed by atoms with E-state index >= 15 is 0 Å². The Morgan fingerprint density at radius 3 is 2.73 bits per heavy atom. The lowest BCUT2D eigenvalue weighted by Crippen LogP contribution is -2.51. The molecule has 0 spiro atoms. The van der Waals surface area contributed by atoms with Crippen molar-refractivity contribution in [1.82, 2.24) is 15.1 Å². The molecule has 5 heteroatoms. The van der Waals surface area contributed by atoms with Crippen molar-refractivity contribution in [1.29, 1.82) is 0 Å². The van der Waals surface area contributed by atoms with E-state index in [1.165, 1.54) is 25.8 Å². The molecule has 0 saturated carbocycles. The molecule has 0 radical (unpaired) electrons. The van der Waals surface area contributed by atoms with E-state index in [2.05, 4.69) is 17.3 Å². The van der Waals surface area contributed by atoms with Gasteiger partial charge in [0.15, 0.2) is 0 Å². The van der Waals surface area contributed by atoms with Crippen molar-refractivity contribution < 1.29 is 9.53 Å². The highest BCUT2D eigenvalue weighted by molar-refractivity contribution is 5.82. The highest BCUT2D eigenvalue weighted by Gasteiger charge is 2.41. The summed E-state index contributed by atoms with van der Waals surface area (Å²) in [5, 5.41) is 3.35. The number of likely N-dealkylation sites (tertiary alicyclic amines) is 1. The summed E-state index contributed by atoms with van der Waals surface area (Å²) in [7, 11) is 5.88. The van der Waals surface area contributed by atoms with E-state index in [0.717, 1.165) is 38.9 Å². The number of carbonyl (C=O) groups excluding carboxylic acids is 1. The number of nitrogens with one attached hydrogen (secondary N) is 1. The van der Waals surface area contributed by atoms with Crippen LogP contribution in [0, 0.1) is 5.41 Å².